The van der Waals surface area contributed by atoms with Gasteiger partial charge in [0.05, 0.1) is 19.3 Å². The van der Waals surface area contributed by atoms with Crippen molar-refractivity contribution in [2.24, 2.45) is 10.9 Å². The highest BCUT2D eigenvalue weighted by Crippen LogP contribution is 2.21. The first-order valence-electron chi connectivity index (χ1n) is 7.31. The first kappa shape index (κ1) is 14.2. The van der Waals surface area contributed by atoms with Crippen molar-refractivity contribution >= 4 is 16.9 Å². The summed E-state index contributed by atoms with van der Waals surface area (Å²) in [6.07, 6.45) is 7.07. The summed E-state index contributed by atoms with van der Waals surface area (Å²) < 4.78 is 5.88. The molecule has 3 nitrogen and oxygen atoms in total. The lowest BCUT2D eigenvalue weighted by Crippen LogP contribution is -2.41. The summed E-state index contributed by atoms with van der Waals surface area (Å²) in [5.74, 6) is 1.91. The molecule has 104 valence electrons. The van der Waals surface area contributed by atoms with Gasteiger partial charge < -0.3 is 10.1 Å². The van der Waals surface area contributed by atoms with Gasteiger partial charge in [0.2, 0.25) is 0 Å². The molecule has 0 aromatic heterocycles. The van der Waals surface area contributed by atoms with E-state index in [0.29, 0.717) is 12.1 Å². The molecule has 2 fully saturated rings. The van der Waals surface area contributed by atoms with Gasteiger partial charge in [0.25, 0.3) is 0 Å². The number of ether oxygens (including phenoxy) is 1. The summed E-state index contributed by atoms with van der Waals surface area (Å²) >= 11 is 1.84. The van der Waals surface area contributed by atoms with Gasteiger partial charge in [-0.2, -0.15) is 0 Å². The van der Waals surface area contributed by atoms with Crippen molar-refractivity contribution in [3.05, 3.63) is 0 Å². The Morgan fingerprint density at radius 2 is 2.06 bits per heavy atom. The van der Waals surface area contributed by atoms with E-state index in [1.807, 2.05) is 11.8 Å². The highest BCUT2D eigenvalue weighted by atomic mass is 32.2. The van der Waals surface area contributed by atoms with Gasteiger partial charge in [0.1, 0.15) is 0 Å². The predicted molar refractivity (Wildman–Crippen MR) is 79.3 cm³/mol. The number of nitrogens with zero attached hydrogens (tertiary/aromatic N) is 1. The summed E-state index contributed by atoms with van der Waals surface area (Å²) in [6, 6.07) is 0.546. The molecule has 1 aliphatic heterocycles. The topological polar surface area (TPSA) is 33.6 Å². The smallest absolute Gasteiger partial charge is 0.156 e. The highest BCUT2D eigenvalue weighted by molar-refractivity contribution is 8.13. The zero-order valence-electron chi connectivity index (χ0n) is 11.7. The molecule has 1 heterocycles. The van der Waals surface area contributed by atoms with E-state index in [4.69, 9.17) is 4.74 Å². The van der Waals surface area contributed by atoms with Crippen LogP contribution in [0.3, 0.4) is 0 Å². The molecular weight excluding hydrogens is 244 g/mol. The molecule has 2 rings (SSSR count). The van der Waals surface area contributed by atoms with Crippen LogP contribution in [-0.2, 0) is 4.74 Å². The Balaban J connectivity index is 1.62. The average molecular weight is 270 g/mol. The van der Waals surface area contributed by atoms with Gasteiger partial charge in [-0.15, -0.1) is 0 Å². The van der Waals surface area contributed by atoms with Crippen molar-refractivity contribution in [2.45, 2.75) is 58.1 Å². The number of aliphatic imine (C=N–C) groups is 1. The fraction of sp³-hybridized carbons (Fsp3) is 0.929. The van der Waals surface area contributed by atoms with Crippen LogP contribution in [0.2, 0.25) is 0 Å². The van der Waals surface area contributed by atoms with E-state index in [2.05, 4.69) is 24.2 Å². The van der Waals surface area contributed by atoms with Crippen LogP contribution in [0, 0.1) is 5.92 Å². The Bertz CT molecular complexity index is 277. The van der Waals surface area contributed by atoms with Gasteiger partial charge in [-0.25, -0.2) is 0 Å². The Kier molecular flexibility index (Phi) is 5.83. The van der Waals surface area contributed by atoms with Gasteiger partial charge in [-0.05, 0) is 25.7 Å². The molecule has 2 atom stereocenters. The van der Waals surface area contributed by atoms with Crippen LogP contribution in [-0.4, -0.2) is 36.2 Å². The zero-order valence-corrected chi connectivity index (χ0v) is 12.5. The molecule has 0 radical (unpaired) electrons. The summed E-state index contributed by atoms with van der Waals surface area (Å²) in [5.41, 5.74) is 0. The van der Waals surface area contributed by atoms with Gasteiger partial charge in [-0.1, -0.05) is 37.9 Å². The largest absolute Gasteiger partial charge is 0.376 e. The molecule has 2 unspecified atom stereocenters. The summed E-state index contributed by atoms with van der Waals surface area (Å²) in [6.45, 7) is 6.10. The first-order valence-corrected chi connectivity index (χ1v) is 8.29. The first-order chi connectivity index (χ1) is 8.75. The van der Waals surface area contributed by atoms with Crippen molar-refractivity contribution in [1.29, 1.82) is 0 Å². The van der Waals surface area contributed by atoms with Crippen molar-refractivity contribution in [2.75, 3.05) is 18.9 Å². The fourth-order valence-electron chi connectivity index (χ4n) is 2.42. The molecule has 4 heteroatoms. The van der Waals surface area contributed by atoms with E-state index in [-0.39, 0.29) is 0 Å². The third kappa shape index (κ3) is 4.47. The molecule has 0 amide bonds. The SMILES string of the molecule is CC1CSC(=NCCOC2CCCCC2)NC1C. The van der Waals surface area contributed by atoms with Crippen LogP contribution in [0.5, 0.6) is 0 Å². The molecule has 0 spiro atoms. The molecule has 2 aliphatic rings. The number of hydrogen-bond donors (Lipinski definition) is 1. The van der Waals surface area contributed by atoms with E-state index in [1.54, 1.807) is 0 Å². The summed E-state index contributed by atoms with van der Waals surface area (Å²) in [4.78, 5) is 4.60. The predicted octanol–water partition coefficient (Wildman–Crippen LogP) is 3.05. The van der Waals surface area contributed by atoms with Crippen LogP contribution >= 0.6 is 11.8 Å². The quantitative estimate of drug-likeness (QED) is 0.797. The standard InChI is InChI=1S/C14H26N2OS/c1-11-10-18-14(16-12(11)2)15-8-9-17-13-6-4-3-5-7-13/h11-13H,3-10H2,1-2H3,(H,15,16). The van der Waals surface area contributed by atoms with E-state index in [1.165, 1.54) is 37.9 Å². The van der Waals surface area contributed by atoms with Crippen LogP contribution in [0.25, 0.3) is 0 Å². The molecule has 1 N–H and O–H groups in total. The maximum atomic E-state index is 5.88. The van der Waals surface area contributed by atoms with Crippen LogP contribution in [0.15, 0.2) is 4.99 Å². The van der Waals surface area contributed by atoms with E-state index in [0.717, 1.165) is 24.2 Å². The molecule has 0 bridgehead atoms. The van der Waals surface area contributed by atoms with Crippen molar-refractivity contribution in [3.63, 3.8) is 0 Å². The van der Waals surface area contributed by atoms with Gasteiger partial charge in [0, 0.05) is 11.8 Å². The Morgan fingerprint density at radius 3 is 2.78 bits per heavy atom. The minimum absolute atomic E-state index is 0.505. The number of thioether (sulfide) groups is 1. The van der Waals surface area contributed by atoms with Crippen molar-refractivity contribution in [3.8, 4) is 0 Å². The average Bonchev–Trinajstić information content (AvgIpc) is 2.40. The maximum absolute atomic E-state index is 5.88. The number of hydrogen-bond acceptors (Lipinski definition) is 3. The molecular formula is C14H26N2OS. The van der Waals surface area contributed by atoms with Gasteiger partial charge >= 0.3 is 0 Å². The monoisotopic (exact) mass is 270 g/mol. The maximum Gasteiger partial charge on any atom is 0.156 e. The molecule has 0 aromatic carbocycles. The molecule has 1 aliphatic carbocycles. The molecule has 1 saturated heterocycles. The zero-order chi connectivity index (χ0) is 12.8. The number of rotatable bonds is 4. The molecule has 0 aromatic rings. The lowest BCUT2D eigenvalue weighted by molar-refractivity contribution is 0.0335. The van der Waals surface area contributed by atoms with E-state index in [9.17, 15) is 0 Å². The van der Waals surface area contributed by atoms with Crippen molar-refractivity contribution in [1.82, 2.24) is 5.32 Å². The summed E-state index contributed by atoms with van der Waals surface area (Å²) in [5, 5.41) is 4.57. The number of amidine groups is 1. The minimum Gasteiger partial charge on any atom is -0.376 e. The van der Waals surface area contributed by atoms with Gasteiger partial charge in [-0.3, -0.25) is 4.99 Å². The normalized spacial score (nSPS) is 32.4. The lowest BCUT2D eigenvalue weighted by atomic mass is 9.98. The van der Waals surface area contributed by atoms with E-state index >= 15 is 0 Å². The minimum atomic E-state index is 0.505. The number of nitrogens with one attached hydrogen (secondary N) is 1. The lowest BCUT2D eigenvalue weighted by Gasteiger charge is -2.28. The fourth-order valence-corrected chi connectivity index (χ4v) is 3.58. The Labute approximate surface area is 115 Å². The van der Waals surface area contributed by atoms with Crippen LogP contribution in [0.1, 0.15) is 46.0 Å². The van der Waals surface area contributed by atoms with Crippen LogP contribution < -0.4 is 5.32 Å². The highest BCUT2D eigenvalue weighted by Gasteiger charge is 2.20. The Morgan fingerprint density at radius 1 is 1.28 bits per heavy atom. The third-order valence-electron chi connectivity index (χ3n) is 3.94. The molecule has 1 saturated carbocycles. The third-order valence-corrected chi connectivity index (χ3v) is 5.15. The Hall–Kier alpha value is -0.220. The van der Waals surface area contributed by atoms with E-state index < -0.39 is 0 Å². The van der Waals surface area contributed by atoms with Gasteiger partial charge in [0.15, 0.2) is 5.17 Å². The summed E-state index contributed by atoms with van der Waals surface area (Å²) in [7, 11) is 0. The van der Waals surface area contributed by atoms with Crippen molar-refractivity contribution < 1.29 is 4.74 Å². The second-order valence-corrected chi connectivity index (χ2v) is 6.55. The molecule has 18 heavy (non-hydrogen) atoms. The van der Waals surface area contributed by atoms with Crippen LogP contribution in [0.4, 0.5) is 0 Å². The second-order valence-electron chi connectivity index (χ2n) is 5.54. The second kappa shape index (κ2) is 7.39.